The van der Waals surface area contributed by atoms with Gasteiger partial charge in [-0.3, -0.25) is 4.98 Å². The highest BCUT2D eigenvalue weighted by Crippen LogP contribution is 2.31. The maximum atomic E-state index is 13.6. The molecule has 1 aliphatic heterocycles. The molecule has 0 saturated carbocycles. The Morgan fingerprint density at radius 3 is 2.77 bits per heavy atom. The van der Waals surface area contributed by atoms with E-state index >= 15 is 0 Å². The van der Waals surface area contributed by atoms with Crippen LogP contribution < -0.4 is 0 Å². The van der Waals surface area contributed by atoms with Gasteiger partial charge in [0.25, 0.3) is 0 Å². The first-order chi connectivity index (χ1) is 12.5. The van der Waals surface area contributed by atoms with Crippen molar-refractivity contribution in [2.75, 3.05) is 19.6 Å². The van der Waals surface area contributed by atoms with Crippen molar-refractivity contribution in [2.24, 2.45) is 0 Å². The summed E-state index contributed by atoms with van der Waals surface area (Å²) in [6.07, 6.45) is 3.98. The Kier molecular flexibility index (Phi) is 4.51. The largest absolute Gasteiger partial charge is 0.383 e. The van der Waals surface area contributed by atoms with Gasteiger partial charge in [0.05, 0.1) is 5.69 Å². The molecular weight excluding hydrogens is 329 g/mol. The van der Waals surface area contributed by atoms with Crippen LogP contribution in [0.1, 0.15) is 29.8 Å². The average Bonchev–Trinajstić information content (AvgIpc) is 2.97. The number of rotatable bonds is 4. The Morgan fingerprint density at radius 1 is 1.23 bits per heavy atom. The summed E-state index contributed by atoms with van der Waals surface area (Å²) >= 11 is 0. The van der Waals surface area contributed by atoms with Gasteiger partial charge in [0.2, 0.25) is 0 Å². The van der Waals surface area contributed by atoms with Crippen molar-refractivity contribution in [3.8, 4) is 0 Å². The number of aliphatic hydroxyl groups is 1. The lowest BCUT2D eigenvalue weighted by Gasteiger charge is -2.37. The quantitative estimate of drug-likeness (QED) is 0.754. The predicted octanol–water partition coefficient (Wildman–Crippen LogP) is 3.54. The van der Waals surface area contributed by atoms with Crippen LogP contribution in [0.2, 0.25) is 0 Å². The number of halogens is 1. The minimum Gasteiger partial charge on any atom is -0.383 e. The van der Waals surface area contributed by atoms with E-state index in [0.29, 0.717) is 12.8 Å². The Labute approximate surface area is 152 Å². The molecule has 0 aliphatic carbocycles. The van der Waals surface area contributed by atoms with Crippen LogP contribution in [-0.4, -0.2) is 39.6 Å². The molecule has 26 heavy (non-hydrogen) atoms. The zero-order chi connectivity index (χ0) is 18.1. The van der Waals surface area contributed by atoms with E-state index in [1.807, 2.05) is 25.1 Å². The first-order valence-corrected chi connectivity index (χ1v) is 9.18. The number of piperidine rings is 1. The van der Waals surface area contributed by atoms with Gasteiger partial charge >= 0.3 is 0 Å². The number of hydrogen-bond acceptors (Lipinski definition) is 3. The van der Waals surface area contributed by atoms with Crippen LogP contribution in [0, 0.1) is 12.7 Å². The van der Waals surface area contributed by atoms with Gasteiger partial charge in [-0.2, -0.15) is 0 Å². The summed E-state index contributed by atoms with van der Waals surface area (Å²) in [5.74, 6) is -0.198. The second-order valence-electron chi connectivity index (χ2n) is 7.26. The fourth-order valence-electron chi connectivity index (χ4n) is 3.99. The van der Waals surface area contributed by atoms with Crippen LogP contribution >= 0.6 is 0 Å². The van der Waals surface area contributed by atoms with E-state index in [2.05, 4.69) is 14.9 Å². The molecule has 4 nitrogen and oxygen atoms in total. The lowest BCUT2D eigenvalue weighted by atomic mass is 9.87. The number of aromatic nitrogens is 2. The first-order valence-electron chi connectivity index (χ1n) is 9.18. The van der Waals surface area contributed by atoms with Crippen LogP contribution in [0.15, 0.2) is 42.6 Å². The van der Waals surface area contributed by atoms with Crippen molar-refractivity contribution in [2.45, 2.75) is 31.8 Å². The number of pyridine rings is 1. The average molecular weight is 353 g/mol. The number of aromatic amines is 1. The number of nitrogens with zero attached hydrogens (tertiary/aromatic N) is 2. The third-order valence-corrected chi connectivity index (χ3v) is 5.58. The Balaban J connectivity index is 1.41. The maximum absolute atomic E-state index is 13.6. The molecule has 1 saturated heterocycles. The van der Waals surface area contributed by atoms with Crippen molar-refractivity contribution in [1.82, 2.24) is 14.9 Å². The topological polar surface area (TPSA) is 52.2 Å². The molecule has 1 aliphatic rings. The van der Waals surface area contributed by atoms with Gasteiger partial charge in [0.15, 0.2) is 0 Å². The third kappa shape index (κ3) is 3.24. The molecule has 0 amide bonds. The molecule has 0 atom stereocenters. The van der Waals surface area contributed by atoms with Crippen LogP contribution in [0.5, 0.6) is 0 Å². The molecule has 2 N–H and O–H groups in total. The first kappa shape index (κ1) is 17.2. The van der Waals surface area contributed by atoms with E-state index in [9.17, 15) is 9.50 Å². The highest BCUT2D eigenvalue weighted by atomic mass is 19.1. The van der Waals surface area contributed by atoms with E-state index in [4.69, 9.17) is 0 Å². The molecule has 2 aromatic heterocycles. The highest BCUT2D eigenvalue weighted by Gasteiger charge is 2.34. The molecule has 0 unspecified atom stereocenters. The molecule has 0 radical (unpaired) electrons. The van der Waals surface area contributed by atoms with E-state index in [0.717, 1.165) is 48.3 Å². The number of hydrogen-bond donors (Lipinski definition) is 2. The summed E-state index contributed by atoms with van der Waals surface area (Å²) < 4.78 is 13.6. The number of H-pyrrole nitrogens is 1. The van der Waals surface area contributed by atoms with E-state index in [1.165, 1.54) is 11.6 Å². The summed E-state index contributed by atoms with van der Waals surface area (Å²) in [5.41, 5.74) is 3.22. The van der Waals surface area contributed by atoms with Crippen LogP contribution in [0.3, 0.4) is 0 Å². The van der Waals surface area contributed by atoms with Crippen molar-refractivity contribution in [3.63, 3.8) is 0 Å². The van der Waals surface area contributed by atoms with Gasteiger partial charge in [0, 0.05) is 42.4 Å². The molecular formula is C21H24FN3O. The maximum Gasteiger partial charge on any atom is 0.123 e. The molecule has 0 spiro atoms. The van der Waals surface area contributed by atoms with Gasteiger partial charge in [0.1, 0.15) is 11.4 Å². The van der Waals surface area contributed by atoms with E-state index in [1.54, 1.807) is 18.3 Å². The molecule has 3 heterocycles. The zero-order valence-electron chi connectivity index (χ0n) is 15.0. The molecule has 3 aromatic rings. The SMILES string of the molecule is Cc1[nH]c2ccc(F)cc2c1CCN1CCC(O)(c2ccccn2)CC1. The van der Waals surface area contributed by atoms with Gasteiger partial charge in [-0.05, 0) is 62.1 Å². The lowest BCUT2D eigenvalue weighted by Crippen LogP contribution is -2.43. The fourth-order valence-corrected chi connectivity index (χ4v) is 3.99. The number of benzene rings is 1. The minimum absolute atomic E-state index is 0.198. The number of likely N-dealkylation sites (tertiary alicyclic amines) is 1. The molecule has 4 rings (SSSR count). The summed E-state index contributed by atoms with van der Waals surface area (Å²) in [5, 5.41) is 11.9. The predicted molar refractivity (Wildman–Crippen MR) is 101 cm³/mol. The molecule has 1 aromatic carbocycles. The summed E-state index contributed by atoms with van der Waals surface area (Å²) in [7, 11) is 0. The fraction of sp³-hybridized carbons (Fsp3) is 0.381. The van der Waals surface area contributed by atoms with Gasteiger partial charge < -0.3 is 15.0 Å². The smallest absolute Gasteiger partial charge is 0.123 e. The second kappa shape index (κ2) is 6.82. The van der Waals surface area contributed by atoms with E-state index < -0.39 is 5.60 Å². The molecule has 136 valence electrons. The van der Waals surface area contributed by atoms with Crippen molar-refractivity contribution >= 4 is 10.9 Å². The van der Waals surface area contributed by atoms with Crippen molar-refractivity contribution < 1.29 is 9.50 Å². The monoisotopic (exact) mass is 353 g/mol. The summed E-state index contributed by atoms with van der Waals surface area (Å²) in [6.45, 7) is 4.62. The highest BCUT2D eigenvalue weighted by molar-refractivity contribution is 5.84. The zero-order valence-corrected chi connectivity index (χ0v) is 15.0. The van der Waals surface area contributed by atoms with Crippen LogP contribution in [-0.2, 0) is 12.0 Å². The van der Waals surface area contributed by atoms with Gasteiger partial charge in [-0.25, -0.2) is 4.39 Å². The second-order valence-corrected chi connectivity index (χ2v) is 7.26. The number of aryl methyl sites for hydroxylation is 1. The molecule has 1 fully saturated rings. The third-order valence-electron chi connectivity index (χ3n) is 5.58. The standard InChI is InChI=1S/C21H24FN3O/c1-15-17(18-14-16(22)5-6-19(18)24-15)7-11-25-12-8-21(26,9-13-25)20-4-2-3-10-23-20/h2-6,10,14,24,26H,7-9,11-13H2,1H3. The minimum atomic E-state index is -0.822. The number of nitrogens with one attached hydrogen (secondary N) is 1. The molecule has 5 heteroatoms. The van der Waals surface area contributed by atoms with Crippen molar-refractivity contribution in [3.05, 3.63) is 65.4 Å². The normalized spacial score (nSPS) is 17.7. The Hall–Kier alpha value is -2.24. The van der Waals surface area contributed by atoms with Gasteiger partial charge in [-0.1, -0.05) is 6.07 Å². The summed E-state index contributed by atoms with van der Waals surface area (Å²) in [6, 6.07) is 10.6. The van der Waals surface area contributed by atoms with Crippen molar-refractivity contribution in [1.29, 1.82) is 0 Å². The summed E-state index contributed by atoms with van der Waals surface area (Å²) in [4.78, 5) is 10.0. The lowest BCUT2D eigenvalue weighted by molar-refractivity contribution is -0.0289. The van der Waals surface area contributed by atoms with Crippen LogP contribution in [0.4, 0.5) is 4.39 Å². The van der Waals surface area contributed by atoms with E-state index in [-0.39, 0.29) is 5.82 Å². The Bertz CT molecular complexity index is 898. The molecule has 0 bridgehead atoms. The van der Waals surface area contributed by atoms with Gasteiger partial charge in [-0.15, -0.1) is 0 Å². The van der Waals surface area contributed by atoms with Crippen LogP contribution in [0.25, 0.3) is 10.9 Å². The Morgan fingerprint density at radius 2 is 2.04 bits per heavy atom. The number of fused-ring (bicyclic) bond motifs is 1.